The van der Waals surface area contributed by atoms with Crippen molar-refractivity contribution in [1.82, 2.24) is 0 Å². The minimum Gasteiger partial charge on any atom is -0.348 e. The molecule has 1 rings (SSSR count). The summed E-state index contributed by atoms with van der Waals surface area (Å²) in [5, 5.41) is 18.6. The third-order valence-electron chi connectivity index (χ3n) is 3.73. The van der Waals surface area contributed by atoms with Gasteiger partial charge in [-0.25, -0.2) is 0 Å². The maximum Gasteiger partial charge on any atom is 0.257 e. The molecule has 0 spiro atoms. The highest BCUT2D eigenvalue weighted by Gasteiger charge is 2.85. The summed E-state index contributed by atoms with van der Waals surface area (Å²) in [6.07, 6.45) is 0. The number of methoxy groups -OCH3 is 4. The molecule has 1 atom stereocenters. The average molecular weight is 240 g/mol. The predicted molar refractivity (Wildman–Crippen MR) is 56.3 cm³/mol. The minimum absolute atomic E-state index is 0.514. The lowest BCUT2D eigenvalue weighted by molar-refractivity contribution is -0.494. The molecule has 94 valence electrons. The summed E-state index contributed by atoms with van der Waals surface area (Å²) in [7, 11) is 5.55. The van der Waals surface area contributed by atoms with Crippen molar-refractivity contribution in [2.24, 2.45) is 11.3 Å². The summed E-state index contributed by atoms with van der Waals surface area (Å²) >= 11 is 0. The van der Waals surface area contributed by atoms with Gasteiger partial charge in [-0.15, -0.1) is 0 Å². The summed E-state index contributed by atoms with van der Waals surface area (Å²) in [6.45, 7) is 1.69. The van der Waals surface area contributed by atoms with E-state index in [0.29, 0.717) is 0 Å². The number of hydrogen-bond donors (Lipinski definition) is 0. The maximum absolute atomic E-state index is 9.28. The largest absolute Gasteiger partial charge is 0.348 e. The third kappa shape index (κ3) is 1.11. The molecule has 0 saturated heterocycles. The zero-order valence-electron chi connectivity index (χ0n) is 10.6. The molecule has 1 aliphatic rings. The van der Waals surface area contributed by atoms with Gasteiger partial charge in [0.15, 0.2) is 0 Å². The highest BCUT2D eigenvalue weighted by molar-refractivity contribution is 5.36. The molecule has 0 unspecified atom stereocenters. The van der Waals surface area contributed by atoms with Gasteiger partial charge < -0.3 is 18.9 Å². The molecule has 0 aromatic heterocycles. The van der Waals surface area contributed by atoms with Gasteiger partial charge in [-0.1, -0.05) is 6.92 Å². The number of nitriles is 2. The minimum atomic E-state index is -1.56. The number of ether oxygens (including phenoxy) is 4. The first-order valence-corrected chi connectivity index (χ1v) is 5.05. The van der Waals surface area contributed by atoms with Crippen molar-refractivity contribution in [3.05, 3.63) is 0 Å². The van der Waals surface area contributed by atoms with Crippen molar-refractivity contribution in [2.45, 2.75) is 18.5 Å². The topological polar surface area (TPSA) is 84.5 Å². The van der Waals surface area contributed by atoms with Crippen molar-refractivity contribution in [3.8, 4) is 12.1 Å². The highest BCUT2D eigenvalue weighted by atomic mass is 16.8. The number of rotatable bonds is 4. The molecule has 6 nitrogen and oxygen atoms in total. The summed E-state index contributed by atoms with van der Waals surface area (Å²) in [6, 6.07) is 3.92. The lowest BCUT2D eigenvalue weighted by Gasteiger charge is -2.64. The first kappa shape index (κ1) is 13.9. The summed E-state index contributed by atoms with van der Waals surface area (Å²) in [5.41, 5.74) is -1.47. The van der Waals surface area contributed by atoms with E-state index in [1.165, 1.54) is 28.4 Å². The summed E-state index contributed by atoms with van der Waals surface area (Å²) in [5.74, 6) is -3.35. The van der Waals surface area contributed by atoms with Gasteiger partial charge in [0.25, 0.3) is 5.79 Å². The molecule has 0 amide bonds. The van der Waals surface area contributed by atoms with Crippen LogP contribution in [0.15, 0.2) is 0 Å². The van der Waals surface area contributed by atoms with Crippen LogP contribution in [0, 0.1) is 34.0 Å². The van der Waals surface area contributed by atoms with Gasteiger partial charge in [-0.05, 0) is 0 Å². The van der Waals surface area contributed by atoms with Gasteiger partial charge in [0.05, 0.1) is 18.1 Å². The molecule has 0 N–H and O–H groups in total. The molecule has 0 aromatic rings. The van der Waals surface area contributed by atoms with Crippen LogP contribution in [0.25, 0.3) is 0 Å². The van der Waals surface area contributed by atoms with E-state index < -0.39 is 22.9 Å². The van der Waals surface area contributed by atoms with Gasteiger partial charge in [-0.2, -0.15) is 10.5 Å². The van der Waals surface area contributed by atoms with Crippen LogP contribution < -0.4 is 0 Å². The van der Waals surface area contributed by atoms with E-state index >= 15 is 0 Å². The monoisotopic (exact) mass is 240 g/mol. The summed E-state index contributed by atoms with van der Waals surface area (Å²) < 4.78 is 21.2. The van der Waals surface area contributed by atoms with E-state index in [1.807, 2.05) is 12.1 Å². The fourth-order valence-corrected chi connectivity index (χ4v) is 2.81. The Kier molecular flexibility index (Phi) is 3.47. The Hall–Kier alpha value is -1.18. The molecule has 1 aliphatic carbocycles. The van der Waals surface area contributed by atoms with E-state index in [4.69, 9.17) is 18.9 Å². The molecule has 1 fully saturated rings. The Morgan fingerprint density at radius 2 is 1.29 bits per heavy atom. The van der Waals surface area contributed by atoms with Crippen LogP contribution in [0.3, 0.4) is 0 Å². The van der Waals surface area contributed by atoms with Crippen molar-refractivity contribution in [1.29, 1.82) is 10.5 Å². The van der Waals surface area contributed by atoms with Crippen molar-refractivity contribution < 1.29 is 18.9 Å². The van der Waals surface area contributed by atoms with E-state index in [9.17, 15) is 10.5 Å². The molecule has 1 saturated carbocycles. The van der Waals surface area contributed by atoms with Crippen LogP contribution >= 0.6 is 0 Å². The van der Waals surface area contributed by atoms with Gasteiger partial charge in [0, 0.05) is 28.4 Å². The van der Waals surface area contributed by atoms with Crippen molar-refractivity contribution in [3.63, 3.8) is 0 Å². The fourth-order valence-electron chi connectivity index (χ4n) is 2.81. The molecule has 0 radical (unpaired) electrons. The van der Waals surface area contributed by atoms with Crippen LogP contribution in [0.1, 0.15) is 6.92 Å². The smallest absolute Gasteiger partial charge is 0.257 e. The molecule has 0 aromatic carbocycles. The van der Waals surface area contributed by atoms with Crippen LogP contribution in [-0.4, -0.2) is 40.0 Å². The first-order chi connectivity index (χ1) is 8.02. The Balaban J connectivity index is 3.44. The molecule has 17 heavy (non-hydrogen) atoms. The lowest BCUT2D eigenvalue weighted by atomic mass is 9.52. The zero-order chi connectivity index (χ0) is 13.3. The van der Waals surface area contributed by atoms with Crippen LogP contribution in [-0.2, 0) is 18.9 Å². The first-order valence-electron chi connectivity index (χ1n) is 5.05. The van der Waals surface area contributed by atoms with E-state index in [2.05, 4.69) is 0 Å². The fraction of sp³-hybridized carbons (Fsp3) is 0.818. The second-order valence-electron chi connectivity index (χ2n) is 3.85. The Morgan fingerprint density at radius 3 is 1.53 bits per heavy atom. The molecule has 6 heteroatoms. The van der Waals surface area contributed by atoms with Crippen LogP contribution in [0.4, 0.5) is 0 Å². The van der Waals surface area contributed by atoms with Crippen molar-refractivity contribution in [2.75, 3.05) is 28.4 Å². The van der Waals surface area contributed by atoms with Gasteiger partial charge in [0.2, 0.25) is 11.2 Å². The second kappa shape index (κ2) is 4.25. The van der Waals surface area contributed by atoms with Crippen LogP contribution in [0.2, 0.25) is 0 Å². The predicted octanol–water partition coefficient (Wildman–Crippen LogP) is 0.648. The molecular weight excluding hydrogens is 224 g/mol. The Morgan fingerprint density at radius 1 is 0.882 bits per heavy atom. The quantitative estimate of drug-likeness (QED) is 0.671. The molecular formula is C11H16N2O4. The average Bonchev–Trinajstić information content (AvgIpc) is 2.38. The van der Waals surface area contributed by atoms with E-state index in [1.54, 1.807) is 6.92 Å². The molecule has 0 heterocycles. The van der Waals surface area contributed by atoms with E-state index in [-0.39, 0.29) is 0 Å². The molecule has 0 bridgehead atoms. The summed E-state index contributed by atoms with van der Waals surface area (Å²) in [4.78, 5) is 0. The number of nitrogens with zero attached hydrogens (tertiary/aromatic N) is 2. The lowest BCUT2D eigenvalue weighted by Crippen LogP contribution is -2.83. The Labute approximate surface area is 101 Å². The Bertz CT molecular complexity index is 360. The van der Waals surface area contributed by atoms with E-state index in [0.717, 1.165) is 0 Å². The molecule has 0 aliphatic heterocycles. The maximum atomic E-state index is 9.28. The highest BCUT2D eigenvalue weighted by Crippen LogP contribution is 2.64. The van der Waals surface area contributed by atoms with Gasteiger partial charge in [0.1, 0.15) is 0 Å². The third-order valence-corrected chi connectivity index (χ3v) is 3.73. The van der Waals surface area contributed by atoms with Crippen LogP contribution in [0.5, 0.6) is 0 Å². The van der Waals surface area contributed by atoms with Crippen molar-refractivity contribution >= 4 is 0 Å². The number of hydrogen-bond acceptors (Lipinski definition) is 6. The second-order valence-corrected chi connectivity index (χ2v) is 3.85. The standard InChI is InChI=1S/C11H16N2O4/c1-8-9(6-12,7-13)11(16-4,17-5)10(8,14-2)15-3/h8H,1-5H3/t8-/m1/s1. The SMILES string of the molecule is COC1(OC)[C@H](C)C(C#N)(C#N)C1(OC)OC. The zero-order valence-corrected chi connectivity index (χ0v) is 10.6. The normalized spacial score (nSPS) is 27.6. The van der Waals surface area contributed by atoms with Gasteiger partial charge >= 0.3 is 0 Å². The van der Waals surface area contributed by atoms with Gasteiger partial charge in [-0.3, -0.25) is 0 Å².